The van der Waals surface area contributed by atoms with Gasteiger partial charge in [0.25, 0.3) is 11.8 Å². The third-order valence-corrected chi connectivity index (χ3v) is 4.70. The minimum Gasteiger partial charge on any atom is -0.378 e. The molecule has 4 rings (SSSR count). The van der Waals surface area contributed by atoms with Crippen LogP contribution >= 0.6 is 0 Å². The molecular weight excluding hydrogens is 387 g/mol. The molecule has 0 bridgehead atoms. The SMILES string of the molecule is O=C1c2ccccc2C(=O)N1/C(=N\N1CCOCC1)c1ccc(C(F)(F)F)cc1. The van der Waals surface area contributed by atoms with Gasteiger partial charge in [-0.15, -0.1) is 0 Å². The smallest absolute Gasteiger partial charge is 0.378 e. The zero-order valence-corrected chi connectivity index (χ0v) is 15.1. The van der Waals surface area contributed by atoms with Crippen molar-refractivity contribution < 1.29 is 27.5 Å². The number of ether oxygens (including phenoxy) is 1. The molecule has 0 aromatic heterocycles. The highest BCUT2D eigenvalue weighted by Crippen LogP contribution is 2.30. The lowest BCUT2D eigenvalue weighted by Crippen LogP contribution is -2.40. The average molecular weight is 403 g/mol. The van der Waals surface area contributed by atoms with E-state index in [4.69, 9.17) is 4.74 Å². The van der Waals surface area contributed by atoms with Gasteiger partial charge in [-0.05, 0) is 24.3 Å². The fourth-order valence-corrected chi connectivity index (χ4v) is 3.21. The van der Waals surface area contributed by atoms with E-state index in [1.54, 1.807) is 17.1 Å². The van der Waals surface area contributed by atoms with Crippen LogP contribution in [0.4, 0.5) is 13.2 Å². The van der Waals surface area contributed by atoms with Crippen molar-refractivity contribution in [3.8, 4) is 0 Å². The predicted molar refractivity (Wildman–Crippen MR) is 97.3 cm³/mol. The highest BCUT2D eigenvalue weighted by Gasteiger charge is 2.39. The highest BCUT2D eigenvalue weighted by atomic mass is 19.4. The number of morpholine rings is 1. The zero-order chi connectivity index (χ0) is 20.6. The van der Waals surface area contributed by atoms with Gasteiger partial charge in [0.2, 0.25) is 0 Å². The number of amides is 2. The number of hydrogen-bond acceptors (Lipinski definition) is 5. The molecule has 1 saturated heterocycles. The van der Waals surface area contributed by atoms with E-state index in [1.165, 1.54) is 24.3 Å². The molecule has 2 amide bonds. The van der Waals surface area contributed by atoms with Crippen LogP contribution in [0.25, 0.3) is 0 Å². The van der Waals surface area contributed by atoms with Crippen molar-refractivity contribution in [1.29, 1.82) is 0 Å². The molecule has 29 heavy (non-hydrogen) atoms. The summed E-state index contributed by atoms with van der Waals surface area (Å²) in [5, 5.41) is 6.08. The number of halogens is 3. The average Bonchev–Trinajstić information content (AvgIpc) is 2.97. The minimum atomic E-state index is -4.49. The Balaban J connectivity index is 1.77. The summed E-state index contributed by atoms with van der Waals surface area (Å²) in [6.45, 7) is 1.72. The maximum Gasteiger partial charge on any atom is 0.416 e. The van der Waals surface area contributed by atoms with Crippen molar-refractivity contribution in [1.82, 2.24) is 9.91 Å². The summed E-state index contributed by atoms with van der Waals surface area (Å²) >= 11 is 0. The van der Waals surface area contributed by atoms with E-state index >= 15 is 0 Å². The molecule has 2 heterocycles. The van der Waals surface area contributed by atoms with Crippen molar-refractivity contribution in [2.24, 2.45) is 5.10 Å². The minimum absolute atomic E-state index is 0.00757. The van der Waals surface area contributed by atoms with Gasteiger partial charge in [-0.25, -0.2) is 4.90 Å². The van der Waals surface area contributed by atoms with E-state index in [9.17, 15) is 22.8 Å². The molecular formula is C20H16F3N3O3. The number of amidine groups is 1. The molecule has 0 unspecified atom stereocenters. The fourth-order valence-electron chi connectivity index (χ4n) is 3.21. The van der Waals surface area contributed by atoms with Gasteiger partial charge in [-0.3, -0.25) is 14.6 Å². The lowest BCUT2D eigenvalue weighted by atomic mass is 10.1. The van der Waals surface area contributed by atoms with Crippen molar-refractivity contribution >= 4 is 17.6 Å². The van der Waals surface area contributed by atoms with Crippen LogP contribution in [0.3, 0.4) is 0 Å². The second-order valence-electron chi connectivity index (χ2n) is 6.56. The third kappa shape index (κ3) is 3.61. The summed E-state index contributed by atoms with van der Waals surface area (Å²) in [6, 6.07) is 10.6. The van der Waals surface area contributed by atoms with Crippen LogP contribution in [-0.4, -0.2) is 53.9 Å². The highest BCUT2D eigenvalue weighted by molar-refractivity contribution is 6.32. The topological polar surface area (TPSA) is 62.2 Å². The monoisotopic (exact) mass is 403 g/mol. The van der Waals surface area contributed by atoms with Crippen LogP contribution < -0.4 is 0 Å². The van der Waals surface area contributed by atoms with Crippen molar-refractivity contribution in [2.75, 3.05) is 26.3 Å². The van der Waals surface area contributed by atoms with Gasteiger partial charge >= 0.3 is 6.18 Å². The summed E-state index contributed by atoms with van der Waals surface area (Å²) in [7, 11) is 0. The maximum absolute atomic E-state index is 12.9. The summed E-state index contributed by atoms with van der Waals surface area (Å²) < 4.78 is 44.1. The number of nitrogens with zero attached hydrogens (tertiary/aromatic N) is 3. The van der Waals surface area contributed by atoms with E-state index in [2.05, 4.69) is 5.10 Å². The van der Waals surface area contributed by atoms with Crippen molar-refractivity contribution in [3.63, 3.8) is 0 Å². The summed E-state index contributed by atoms with van der Waals surface area (Å²) in [5.74, 6) is -1.12. The van der Waals surface area contributed by atoms with Gasteiger partial charge in [0.05, 0.1) is 43.0 Å². The quantitative estimate of drug-likeness (QED) is 0.439. The van der Waals surface area contributed by atoms with Crippen LogP contribution in [0.5, 0.6) is 0 Å². The van der Waals surface area contributed by atoms with E-state index in [-0.39, 0.29) is 22.5 Å². The van der Waals surface area contributed by atoms with Gasteiger partial charge in [-0.1, -0.05) is 24.3 Å². The molecule has 1 fully saturated rings. The molecule has 0 radical (unpaired) electrons. The first kappa shape index (κ1) is 19.1. The Labute approximate surface area is 164 Å². The molecule has 0 atom stereocenters. The zero-order valence-electron chi connectivity index (χ0n) is 15.1. The molecule has 2 aromatic carbocycles. The first-order chi connectivity index (χ1) is 13.9. The lowest BCUT2D eigenvalue weighted by Gasteiger charge is -2.27. The Kier molecular flexibility index (Phi) is 4.83. The van der Waals surface area contributed by atoms with Gasteiger partial charge in [0, 0.05) is 5.56 Å². The van der Waals surface area contributed by atoms with Crippen LogP contribution in [0.15, 0.2) is 53.6 Å². The summed E-state index contributed by atoms with van der Waals surface area (Å²) in [5.41, 5.74) is -0.119. The van der Waals surface area contributed by atoms with Crippen LogP contribution in [0.2, 0.25) is 0 Å². The normalized spacial score (nSPS) is 17.7. The van der Waals surface area contributed by atoms with E-state index in [0.29, 0.717) is 26.3 Å². The molecule has 2 aliphatic heterocycles. The third-order valence-electron chi connectivity index (χ3n) is 4.70. The van der Waals surface area contributed by atoms with Crippen LogP contribution in [0.1, 0.15) is 31.8 Å². The Morgan fingerprint density at radius 2 is 1.45 bits per heavy atom. The number of rotatable bonds is 2. The molecule has 2 aliphatic rings. The number of fused-ring (bicyclic) bond motifs is 1. The largest absolute Gasteiger partial charge is 0.416 e. The van der Waals surface area contributed by atoms with E-state index in [1.807, 2.05) is 0 Å². The fraction of sp³-hybridized carbons (Fsp3) is 0.250. The predicted octanol–water partition coefficient (Wildman–Crippen LogP) is 3.00. The van der Waals surface area contributed by atoms with Gasteiger partial charge in [-0.2, -0.15) is 18.3 Å². The first-order valence-corrected chi connectivity index (χ1v) is 8.93. The second kappa shape index (κ2) is 7.32. The summed E-state index contributed by atoms with van der Waals surface area (Å²) in [6.07, 6.45) is -4.49. The van der Waals surface area contributed by atoms with Crippen molar-refractivity contribution in [2.45, 2.75) is 6.18 Å². The number of imide groups is 1. The number of benzene rings is 2. The number of carbonyl (C=O) groups is 2. The van der Waals surface area contributed by atoms with Crippen LogP contribution in [-0.2, 0) is 10.9 Å². The molecule has 2 aromatic rings. The Morgan fingerprint density at radius 3 is 1.97 bits per heavy atom. The molecule has 6 nitrogen and oxygen atoms in total. The summed E-state index contributed by atoms with van der Waals surface area (Å²) in [4.78, 5) is 26.7. The molecule has 0 aliphatic carbocycles. The maximum atomic E-state index is 12.9. The number of hydrazone groups is 1. The molecule has 0 N–H and O–H groups in total. The molecule has 150 valence electrons. The number of carbonyl (C=O) groups excluding carboxylic acids is 2. The molecule has 0 saturated carbocycles. The first-order valence-electron chi connectivity index (χ1n) is 8.93. The van der Waals surface area contributed by atoms with Gasteiger partial charge < -0.3 is 4.74 Å². The standard InChI is InChI=1S/C20H16F3N3O3/c21-20(22,23)14-7-5-13(6-8-14)17(24-25-9-11-29-12-10-25)26-18(27)15-3-1-2-4-16(15)19(26)28/h1-8H,9-12H2/b24-17-. The van der Waals surface area contributed by atoms with Gasteiger partial charge in [0.1, 0.15) is 0 Å². The number of alkyl halides is 3. The Morgan fingerprint density at radius 1 is 0.897 bits per heavy atom. The Bertz CT molecular complexity index is 945. The van der Waals surface area contributed by atoms with E-state index < -0.39 is 23.6 Å². The number of hydrogen-bond donors (Lipinski definition) is 0. The van der Waals surface area contributed by atoms with E-state index in [0.717, 1.165) is 17.0 Å². The van der Waals surface area contributed by atoms with Crippen LogP contribution in [0, 0.1) is 0 Å². The molecule has 9 heteroatoms. The van der Waals surface area contributed by atoms with Crippen molar-refractivity contribution in [3.05, 3.63) is 70.8 Å². The second-order valence-corrected chi connectivity index (χ2v) is 6.56. The lowest BCUT2D eigenvalue weighted by molar-refractivity contribution is -0.137. The molecule has 0 spiro atoms. The Hall–Kier alpha value is -3.20. The van der Waals surface area contributed by atoms with Gasteiger partial charge in [0.15, 0.2) is 5.84 Å².